The van der Waals surface area contributed by atoms with Gasteiger partial charge in [-0.25, -0.2) is 23.2 Å². The lowest BCUT2D eigenvalue weighted by Crippen LogP contribution is -2.48. The Hall–Kier alpha value is -4.62. The molecule has 0 bridgehead atoms. The summed E-state index contributed by atoms with van der Waals surface area (Å²) in [5, 5.41) is 12.7. The fourth-order valence-electron chi connectivity index (χ4n) is 6.70. The standard InChI is InChI=1S/C30H29F2N7O4/c1-33-20-8-19(31)26(32)24-15(20)7-21-25(24)27(38-12-22-23(13-38)43-5-4-37(22)3)17(10-35-21)14-6-16-28(40)18(30(41)42)11-39(34-2)29(16)36-9-14/h6,8-11,22-23,33-34H,4-5,7,12-13H2,1-3H3,(H,41,42). The number of halogens is 2. The van der Waals surface area contributed by atoms with Crippen LogP contribution in [0.25, 0.3) is 33.3 Å². The van der Waals surface area contributed by atoms with Gasteiger partial charge in [0.05, 0.1) is 35.5 Å². The number of carboxylic acids is 1. The highest BCUT2D eigenvalue weighted by atomic mass is 19.2. The summed E-state index contributed by atoms with van der Waals surface area (Å²) in [5.41, 5.74) is 6.05. The number of hydrogen-bond acceptors (Lipinski definition) is 9. The summed E-state index contributed by atoms with van der Waals surface area (Å²) in [7, 11) is 5.30. The van der Waals surface area contributed by atoms with Crippen molar-refractivity contribution in [3.8, 4) is 22.3 Å². The topological polar surface area (TPSA) is 125 Å². The number of nitrogens with zero attached hydrogens (tertiary/aromatic N) is 5. The second kappa shape index (κ2) is 9.99. The van der Waals surface area contributed by atoms with E-state index in [4.69, 9.17) is 9.72 Å². The van der Waals surface area contributed by atoms with Gasteiger partial charge in [0.1, 0.15) is 5.56 Å². The number of likely N-dealkylation sites (N-methyl/N-ethyl adjacent to an activating group) is 1. The van der Waals surface area contributed by atoms with Gasteiger partial charge in [0.25, 0.3) is 0 Å². The first kappa shape index (κ1) is 27.2. The molecule has 3 aliphatic rings. The van der Waals surface area contributed by atoms with Crippen molar-refractivity contribution >= 4 is 28.4 Å². The number of benzene rings is 1. The number of carboxylic acid groups (broad SMARTS) is 1. The van der Waals surface area contributed by atoms with E-state index >= 15 is 4.39 Å². The first-order valence-electron chi connectivity index (χ1n) is 14.0. The molecule has 2 saturated heterocycles. The lowest BCUT2D eigenvalue weighted by molar-refractivity contribution is -0.0362. The third-order valence-corrected chi connectivity index (χ3v) is 8.84. The maximum Gasteiger partial charge on any atom is 0.341 e. The van der Waals surface area contributed by atoms with Crippen LogP contribution in [0, 0.1) is 11.6 Å². The highest BCUT2D eigenvalue weighted by molar-refractivity contribution is 5.98. The minimum atomic E-state index is -1.36. The van der Waals surface area contributed by atoms with Crippen LogP contribution < -0.4 is 21.1 Å². The molecule has 3 aromatic heterocycles. The van der Waals surface area contributed by atoms with Gasteiger partial charge in [-0.15, -0.1) is 0 Å². The van der Waals surface area contributed by atoms with E-state index in [0.717, 1.165) is 12.6 Å². The number of ether oxygens (including phenoxy) is 1. The summed E-state index contributed by atoms with van der Waals surface area (Å²) in [6, 6.07) is 2.83. The average molecular weight is 590 g/mol. The molecule has 0 amide bonds. The number of hydrogen-bond donors (Lipinski definition) is 3. The number of nitrogens with one attached hydrogen (secondary N) is 2. The summed E-state index contributed by atoms with van der Waals surface area (Å²) in [4.78, 5) is 38.7. The molecular weight excluding hydrogens is 560 g/mol. The Bertz CT molecular complexity index is 1900. The van der Waals surface area contributed by atoms with Gasteiger partial charge < -0.3 is 25.5 Å². The van der Waals surface area contributed by atoms with Crippen LogP contribution in [-0.4, -0.2) is 90.1 Å². The van der Waals surface area contributed by atoms with Gasteiger partial charge in [-0.2, -0.15) is 0 Å². The fourth-order valence-corrected chi connectivity index (χ4v) is 6.70. The highest BCUT2D eigenvalue weighted by Gasteiger charge is 2.42. The Kier molecular flexibility index (Phi) is 6.32. The quantitative estimate of drug-likeness (QED) is 0.282. The van der Waals surface area contributed by atoms with Crippen LogP contribution in [-0.2, 0) is 11.2 Å². The smallest absolute Gasteiger partial charge is 0.341 e. The molecule has 2 fully saturated rings. The van der Waals surface area contributed by atoms with Crippen molar-refractivity contribution < 1.29 is 23.4 Å². The molecule has 0 spiro atoms. The average Bonchev–Trinajstić information content (AvgIpc) is 3.61. The number of rotatable bonds is 5. The Morgan fingerprint density at radius 2 is 1.95 bits per heavy atom. The molecule has 4 aromatic rings. The summed E-state index contributed by atoms with van der Waals surface area (Å²) in [6.45, 7) is 2.47. The van der Waals surface area contributed by atoms with Crippen molar-refractivity contribution in [2.24, 2.45) is 0 Å². The Morgan fingerprint density at radius 1 is 1.14 bits per heavy atom. The van der Waals surface area contributed by atoms with Crippen LogP contribution in [0.4, 0.5) is 20.2 Å². The molecule has 11 nitrogen and oxygen atoms in total. The van der Waals surface area contributed by atoms with E-state index in [1.807, 2.05) is 7.05 Å². The van der Waals surface area contributed by atoms with Gasteiger partial charge in [0.2, 0.25) is 5.43 Å². The monoisotopic (exact) mass is 589 g/mol. The van der Waals surface area contributed by atoms with Crippen molar-refractivity contribution in [1.82, 2.24) is 19.5 Å². The molecule has 7 rings (SSSR count). The summed E-state index contributed by atoms with van der Waals surface area (Å²) in [6.07, 6.45) is 4.66. The molecule has 0 saturated carbocycles. The third kappa shape index (κ3) is 4.06. The maximum atomic E-state index is 15.7. The normalized spacial score (nSPS) is 19.3. The number of pyridine rings is 3. The zero-order valence-corrected chi connectivity index (χ0v) is 23.7. The van der Waals surface area contributed by atoms with E-state index in [1.165, 1.54) is 10.9 Å². The Morgan fingerprint density at radius 3 is 2.67 bits per heavy atom. The van der Waals surface area contributed by atoms with Crippen molar-refractivity contribution in [3.05, 3.63) is 69.4 Å². The molecule has 3 N–H and O–H groups in total. The first-order valence-corrected chi connectivity index (χ1v) is 14.0. The van der Waals surface area contributed by atoms with E-state index in [0.29, 0.717) is 65.4 Å². The van der Waals surface area contributed by atoms with Crippen LogP contribution in [0.1, 0.15) is 21.6 Å². The fraction of sp³-hybridized carbons (Fsp3) is 0.333. The van der Waals surface area contributed by atoms with Gasteiger partial charge in [0.15, 0.2) is 17.3 Å². The number of morpholine rings is 1. The van der Waals surface area contributed by atoms with E-state index < -0.39 is 28.6 Å². The molecule has 1 aromatic carbocycles. The number of aromatic nitrogens is 3. The molecular formula is C30H29F2N7O4. The predicted octanol–water partition coefficient (Wildman–Crippen LogP) is 2.74. The van der Waals surface area contributed by atoms with Crippen molar-refractivity contribution in [2.45, 2.75) is 18.6 Å². The molecule has 222 valence electrons. The largest absolute Gasteiger partial charge is 0.477 e. The summed E-state index contributed by atoms with van der Waals surface area (Å²) >= 11 is 0. The number of carbonyl (C=O) groups is 1. The molecule has 1 aliphatic carbocycles. The number of fused-ring (bicyclic) bond motifs is 5. The molecule has 13 heteroatoms. The molecule has 2 unspecified atom stereocenters. The lowest BCUT2D eigenvalue weighted by atomic mass is 9.97. The van der Waals surface area contributed by atoms with E-state index in [-0.39, 0.29) is 28.7 Å². The van der Waals surface area contributed by atoms with Gasteiger partial charge in [-0.1, -0.05) is 0 Å². The third-order valence-electron chi connectivity index (χ3n) is 8.84. The zero-order chi connectivity index (χ0) is 30.2. The first-order chi connectivity index (χ1) is 20.7. The van der Waals surface area contributed by atoms with Crippen molar-refractivity contribution in [3.63, 3.8) is 0 Å². The number of aromatic carboxylic acids is 1. The lowest BCUT2D eigenvalue weighted by Gasteiger charge is -2.33. The van der Waals surface area contributed by atoms with E-state index in [1.54, 1.807) is 32.6 Å². The minimum absolute atomic E-state index is 0.0859. The van der Waals surface area contributed by atoms with Gasteiger partial charge in [0, 0.05) is 92.7 Å². The molecule has 2 atom stereocenters. The second-order valence-corrected chi connectivity index (χ2v) is 11.1. The van der Waals surface area contributed by atoms with Gasteiger partial charge in [-0.05, 0) is 18.7 Å². The number of anilines is 2. The summed E-state index contributed by atoms with van der Waals surface area (Å²) < 4.78 is 38.2. The zero-order valence-electron chi connectivity index (χ0n) is 23.7. The van der Waals surface area contributed by atoms with Crippen LogP contribution in [0.3, 0.4) is 0 Å². The Balaban J connectivity index is 1.50. The van der Waals surface area contributed by atoms with E-state index in [9.17, 15) is 19.1 Å². The SMILES string of the molecule is CNc1cc(F)c(F)c2c1Cc1ncc(-c3cnc4c(c3)c(=O)c(C(=O)O)cn4NC)c(N3CC4OCCN(C)C4C3)c1-2. The van der Waals surface area contributed by atoms with Crippen LogP contribution in [0.15, 0.2) is 35.5 Å². The van der Waals surface area contributed by atoms with Crippen LogP contribution in [0.5, 0.6) is 0 Å². The summed E-state index contributed by atoms with van der Waals surface area (Å²) in [5.74, 6) is -3.27. The highest BCUT2D eigenvalue weighted by Crippen LogP contribution is 2.50. The van der Waals surface area contributed by atoms with Gasteiger partial charge >= 0.3 is 5.97 Å². The molecule has 0 radical (unpaired) electrons. The molecule has 2 aliphatic heterocycles. The predicted molar refractivity (Wildman–Crippen MR) is 158 cm³/mol. The maximum absolute atomic E-state index is 15.7. The minimum Gasteiger partial charge on any atom is -0.477 e. The molecule has 43 heavy (non-hydrogen) atoms. The van der Waals surface area contributed by atoms with Crippen LogP contribution in [0.2, 0.25) is 0 Å². The van der Waals surface area contributed by atoms with Crippen molar-refractivity contribution in [1.29, 1.82) is 0 Å². The van der Waals surface area contributed by atoms with E-state index in [2.05, 4.69) is 25.5 Å². The van der Waals surface area contributed by atoms with Gasteiger partial charge in [-0.3, -0.25) is 14.7 Å². The second-order valence-electron chi connectivity index (χ2n) is 11.1. The Labute approximate surface area is 244 Å². The molecule has 5 heterocycles. The van der Waals surface area contributed by atoms with Crippen LogP contribution >= 0.6 is 0 Å². The van der Waals surface area contributed by atoms with Crippen molar-refractivity contribution in [2.75, 3.05) is 63.0 Å².